The van der Waals surface area contributed by atoms with E-state index in [4.69, 9.17) is 12.2 Å². The van der Waals surface area contributed by atoms with Crippen molar-refractivity contribution in [3.63, 3.8) is 0 Å². The molecule has 1 fully saturated rings. The van der Waals surface area contributed by atoms with Crippen molar-refractivity contribution in [2.75, 3.05) is 41.3 Å². The maximum absolute atomic E-state index is 5.41. The van der Waals surface area contributed by atoms with Crippen molar-refractivity contribution in [1.29, 1.82) is 0 Å². The summed E-state index contributed by atoms with van der Waals surface area (Å²) in [6.07, 6.45) is 1.88. The number of hydrogen-bond acceptors (Lipinski definition) is 6. The Hall–Kier alpha value is -3.65. The normalized spacial score (nSPS) is 13.9. The molecule has 0 radical (unpaired) electrons. The number of hydrogen-bond donors (Lipinski definition) is 2. The average Bonchev–Trinajstić information content (AvgIpc) is 3.24. The Bertz CT molecular complexity index is 1190. The zero-order valence-corrected chi connectivity index (χ0v) is 18.5. The molecule has 162 valence electrons. The molecule has 0 bridgehead atoms. The lowest BCUT2D eigenvalue weighted by molar-refractivity contribution is 0.647. The number of anilines is 3. The summed E-state index contributed by atoms with van der Waals surface area (Å²) in [5.41, 5.74) is 3.23. The van der Waals surface area contributed by atoms with Gasteiger partial charge in [0.1, 0.15) is 5.82 Å². The van der Waals surface area contributed by atoms with Gasteiger partial charge in [-0.15, -0.1) is 0 Å². The molecular weight excluding hydrogens is 418 g/mol. The second kappa shape index (κ2) is 9.23. The van der Waals surface area contributed by atoms with Crippen LogP contribution in [0, 0.1) is 4.77 Å². The summed E-state index contributed by atoms with van der Waals surface area (Å²) in [4.78, 5) is 9.45. The highest BCUT2D eigenvalue weighted by Crippen LogP contribution is 2.20. The van der Waals surface area contributed by atoms with Gasteiger partial charge in [-0.3, -0.25) is 9.67 Å². The fourth-order valence-corrected chi connectivity index (χ4v) is 4.24. The van der Waals surface area contributed by atoms with E-state index in [0.29, 0.717) is 11.3 Å². The lowest BCUT2D eigenvalue weighted by Gasteiger charge is -2.36. The first kappa shape index (κ1) is 20.3. The van der Waals surface area contributed by atoms with E-state index in [9.17, 15) is 0 Å². The van der Waals surface area contributed by atoms with Crippen molar-refractivity contribution in [3.8, 4) is 5.69 Å². The maximum Gasteiger partial charge on any atom is 0.199 e. The first-order valence-electron chi connectivity index (χ1n) is 10.7. The number of H-pyrrole nitrogens is 1. The monoisotopic (exact) mass is 443 g/mol. The standard InChI is InChI=1S/C24H25N7S/c32-24-28-27-23(31(24)21-9-5-2-6-10-21)18-25-19-11-12-22(26-17-19)30-15-13-29(14-16-30)20-7-3-1-4-8-20/h1-12,17,25H,13-16,18H2,(H,28,32). The highest BCUT2D eigenvalue weighted by molar-refractivity contribution is 7.71. The molecule has 0 saturated carbocycles. The number of pyridine rings is 1. The molecule has 0 aliphatic carbocycles. The van der Waals surface area contributed by atoms with Crippen LogP contribution in [0.15, 0.2) is 79.0 Å². The summed E-state index contributed by atoms with van der Waals surface area (Å²) in [5.74, 6) is 1.83. The topological polar surface area (TPSA) is 65.0 Å². The molecule has 0 unspecified atom stereocenters. The molecule has 2 aromatic heterocycles. The van der Waals surface area contributed by atoms with Gasteiger partial charge in [-0.2, -0.15) is 5.10 Å². The van der Waals surface area contributed by atoms with Crippen LogP contribution in [0.5, 0.6) is 0 Å². The lowest BCUT2D eigenvalue weighted by atomic mass is 10.2. The minimum atomic E-state index is 0.540. The predicted octanol–water partition coefficient (Wildman–Crippen LogP) is 4.26. The molecule has 0 spiro atoms. The van der Waals surface area contributed by atoms with Crippen molar-refractivity contribution >= 4 is 29.4 Å². The predicted molar refractivity (Wildman–Crippen MR) is 131 cm³/mol. The smallest absolute Gasteiger partial charge is 0.199 e. The van der Waals surface area contributed by atoms with E-state index < -0.39 is 0 Å². The largest absolute Gasteiger partial charge is 0.376 e. The number of aromatic nitrogens is 4. The molecule has 2 aromatic carbocycles. The van der Waals surface area contributed by atoms with E-state index in [-0.39, 0.29) is 0 Å². The second-order valence-electron chi connectivity index (χ2n) is 7.68. The van der Waals surface area contributed by atoms with E-state index in [1.54, 1.807) is 0 Å². The number of nitrogens with one attached hydrogen (secondary N) is 2. The van der Waals surface area contributed by atoms with Crippen LogP contribution in [0.4, 0.5) is 17.2 Å². The number of rotatable bonds is 6. The molecule has 8 heteroatoms. The summed E-state index contributed by atoms with van der Waals surface area (Å²) in [6.45, 7) is 4.45. The molecule has 1 aliphatic heterocycles. The van der Waals surface area contributed by atoms with Gasteiger partial charge in [-0.05, 0) is 48.6 Å². The van der Waals surface area contributed by atoms with Crippen molar-refractivity contribution in [2.45, 2.75) is 6.54 Å². The Morgan fingerprint density at radius 3 is 2.12 bits per heavy atom. The van der Waals surface area contributed by atoms with Crippen LogP contribution in [-0.4, -0.2) is 45.9 Å². The zero-order chi connectivity index (χ0) is 21.8. The fourth-order valence-electron chi connectivity index (χ4n) is 3.98. The number of benzene rings is 2. The highest BCUT2D eigenvalue weighted by Gasteiger charge is 2.18. The number of nitrogens with zero attached hydrogens (tertiary/aromatic N) is 5. The van der Waals surface area contributed by atoms with Crippen molar-refractivity contribution in [1.82, 2.24) is 19.7 Å². The maximum atomic E-state index is 5.41. The number of para-hydroxylation sites is 2. The second-order valence-corrected chi connectivity index (χ2v) is 8.07. The molecule has 3 heterocycles. The molecule has 32 heavy (non-hydrogen) atoms. The Balaban J connectivity index is 1.20. The van der Waals surface area contributed by atoms with Crippen LogP contribution < -0.4 is 15.1 Å². The molecule has 2 N–H and O–H groups in total. The van der Waals surface area contributed by atoms with Gasteiger partial charge in [0.2, 0.25) is 0 Å². The van der Waals surface area contributed by atoms with Gasteiger partial charge in [0.05, 0.1) is 18.4 Å². The molecule has 0 atom stereocenters. The van der Waals surface area contributed by atoms with E-state index in [0.717, 1.165) is 49.2 Å². The average molecular weight is 444 g/mol. The molecule has 5 rings (SSSR count). The van der Waals surface area contributed by atoms with Crippen LogP contribution in [0.1, 0.15) is 5.82 Å². The first-order chi connectivity index (χ1) is 15.8. The molecular formula is C24H25N7S. The van der Waals surface area contributed by atoms with E-state index in [1.165, 1.54) is 5.69 Å². The van der Waals surface area contributed by atoms with Gasteiger partial charge in [-0.25, -0.2) is 4.98 Å². The van der Waals surface area contributed by atoms with Crippen molar-refractivity contribution < 1.29 is 0 Å². The van der Waals surface area contributed by atoms with Crippen LogP contribution in [0.3, 0.4) is 0 Å². The summed E-state index contributed by atoms with van der Waals surface area (Å²) in [6, 6.07) is 24.7. The first-order valence-corrected chi connectivity index (χ1v) is 11.2. The van der Waals surface area contributed by atoms with Crippen LogP contribution in [-0.2, 0) is 6.54 Å². The Morgan fingerprint density at radius 2 is 1.47 bits per heavy atom. The van der Waals surface area contributed by atoms with Gasteiger partial charge in [0.25, 0.3) is 0 Å². The Kier molecular flexibility index (Phi) is 5.85. The molecule has 1 saturated heterocycles. The lowest BCUT2D eigenvalue weighted by Crippen LogP contribution is -2.46. The molecule has 4 aromatic rings. The van der Waals surface area contributed by atoms with Gasteiger partial charge in [0.15, 0.2) is 10.6 Å². The zero-order valence-electron chi connectivity index (χ0n) is 17.7. The summed E-state index contributed by atoms with van der Waals surface area (Å²) >= 11 is 5.41. The van der Waals surface area contributed by atoms with Gasteiger partial charge < -0.3 is 15.1 Å². The third-order valence-corrected chi connectivity index (χ3v) is 5.95. The Morgan fingerprint density at radius 1 is 0.812 bits per heavy atom. The molecule has 1 aliphatic rings. The Labute approximate surface area is 192 Å². The quantitative estimate of drug-likeness (QED) is 0.434. The third-order valence-electron chi connectivity index (χ3n) is 5.68. The van der Waals surface area contributed by atoms with E-state index in [1.807, 2.05) is 41.1 Å². The number of aromatic amines is 1. The van der Waals surface area contributed by atoms with E-state index in [2.05, 4.69) is 72.8 Å². The van der Waals surface area contributed by atoms with Crippen LogP contribution in [0.25, 0.3) is 5.69 Å². The summed E-state index contributed by atoms with van der Waals surface area (Å²) in [7, 11) is 0. The minimum Gasteiger partial charge on any atom is -0.376 e. The number of piperazine rings is 1. The van der Waals surface area contributed by atoms with Crippen molar-refractivity contribution in [2.24, 2.45) is 0 Å². The minimum absolute atomic E-state index is 0.540. The highest BCUT2D eigenvalue weighted by atomic mass is 32.1. The van der Waals surface area contributed by atoms with Crippen molar-refractivity contribution in [3.05, 3.63) is 89.6 Å². The van der Waals surface area contributed by atoms with Gasteiger partial charge >= 0.3 is 0 Å². The molecule has 0 amide bonds. The summed E-state index contributed by atoms with van der Waals surface area (Å²) in [5, 5.41) is 10.7. The molecule has 7 nitrogen and oxygen atoms in total. The van der Waals surface area contributed by atoms with Gasteiger partial charge in [-0.1, -0.05) is 36.4 Å². The van der Waals surface area contributed by atoms with Gasteiger partial charge in [0, 0.05) is 37.6 Å². The SMILES string of the molecule is S=c1[nH]nc(CNc2ccc(N3CCN(c4ccccc4)CC3)nc2)n1-c1ccccc1. The summed E-state index contributed by atoms with van der Waals surface area (Å²) < 4.78 is 2.52. The third kappa shape index (κ3) is 4.36. The van der Waals surface area contributed by atoms with Crippen LogP contribution >= 0.6 is 12.2 Å². The van der Waals surface area contributed by atoms with Crippen LogP contribution in [0.2, 0.25) is 0 Å². The van der Waals surface area contributed by atoms with E-state index >= 15 is 0 Å². The fraction of sp³-hybridized carbons (Fsp3) is 0.208.